The lowest BCUT2D eigenvalue weighted by Crippen LogP contribution is -2.06. The third-order valence-corrected chi connectivity index (χ3v) is 4.00. The Balaban J connectivity index is 2.14. The van der Waals surface area contributed by atoms with Crippen LogP contribution in [0.2, 0.25) is 0 Å². The molecule has 2 heterocycles. The number of hydrogen-bond acceptors (Lipinski definition) is 4. The summed E-state index contributed by atoms with van der Waals surface area (Å²) in [6.07, 6.45) is 0. The molecule has 0 aliphatic heterocycles. The van der Waals surface area contributed by atoms with E-state index in [1.54, 1.807) is 0 Å². The van der Waals surface area contributed by atoms with Crippen LogP contribution < -0.4 is 5.32 Å². The zero-order valence-corrected chi connectivity index (χ0v) is 13.2. The molecule has 0 spiro atoms. The summed E-state index contributed by atoms with van der Waals surface area (Å²) in [6, 6.07) is 6.01. The summed E-state index contributed by atoms with van der Waals surface area (Å²) in [5.74, 6) is 0.678. The maximum atomic E-state index is 5.60. The Labute approximate surface area is 125 Å². The van der Waals surface area contributed by atoms with Gasteiger partial charge in [-0.2, -0.15) is 5.10 Å². The van der Waals surface area contributed by atoms with Crippen LogP contribution in [-0.4, -0.2) is 21.8 Å². The van der Waals surface area contributed by atoms with Crippen LogP contribution in [0, 0.1) is 6.92 Å². The fourth-order valence-corrected chi connectivity index (χ4v) is 3.04. The fourth-order valence-electron chi connectivity index (χ4n) is 2.33. The maximum Gasteiger partial charge on any atom is 0.192 e. The van der Waals surface area contributed by atoms with E-state index in [9.17, 15) is 0 Å². The van der Waals surface area contributed by atoms with Crippen LogP contribution in [0.1, 0.15) is 11.6 Å². The van der Waals surface area contributed by atoms with Crippen LogP contribution in [0.15, 0.2) is 27.1 Å². The summed E-state index contributed by atoms with van der Waals surface area (Å²) in [5, 5.41) is 7.64. The first-order valence-corrected chi connectivity index (χ1v) is 7.13. The Hall–Kier alpha value is -1.66. The smallest absolute Gasteiger partial charge is 0.192 e. The first kappa shape index (κ1) is 13.3. The molecule has 0 saturated heterocycles. The van der Waals surface area contributed by atoms with E-state index in [0.717, 1.165) is 39.1 Å². The minimum atomic E-state index is 0.678. The average molecular weight is 335 g/mol. The molecule has 0 bridgehead atoms. The van der Waals surface area contributed by atoms with Crippen molar-refractivity contribution in [2.75, 3.05) is 7.05 Å². The van der Waals surface area contributed by atoms with Crippen molar-refractivity contribution in [2.24, 2.45) is 7.05 Å². The van der Waals surface area contributed by atoms with Gasteiger partial charge >= 0.3 is 0 Å². The van der Waals surface area contributed by atoms with E-state index in [0.29, 0.717) is 5.89 Å². The Kier molecular flexibility index (Phi) is 3.35. The molecule has 3 aromatic rings. The maximum absolute atomic E-state index is 5.60. The standard InChI is InChI=1S/C14H15BrN4O/c1-8-17-10-5-4-9(6-12(10)20-8)14-13(15)11(7-16-2)18-19(14)3/h4-6,16H,7H2,1-3H3. The van der Waals surface area contributed by atoms with Crippen molar-refractivity contribution < 1.29 is 4.42 Å². The summed E-state index contributed by atoms with van der Waals surface area (Å²) < 4.78 is 8.48. The van der Waals surface area contributed by atoms with Gasteiger partial charge in [-0.3, -0.25) is 4.68 Å². The molecule has 0 aliphatic rings. The second-order valence-electron chi connectivity index (χ2n) is 4.68. The normalized spacial score (nSPS) is 11.4. The highest BCUT2D eigenvalue weighted by Gasteiger charge is 2.16. The number of fused-ring (bicyclic) bond motifs is 1. The van der Waals surface area contributed by atoms with E-state index >= 15 is 0 Å². The molecule has 5 nitrogen and oxygen atoms in total. The molecule has 0 amide bonds. The summed E-state index contributed by atoms with van der Waals surface area (Å²) in [6.45, 7) is 2.57. The van der Waals surface area contributed by atoms with E-state index in [1.807, 2.05) is 43.9 Å². The summed E-state index contributed by atoms with van der Waals surface area (Å²) in [4.78, 5) is 4.32. The van der Waals surface area contributed by atoms with Gasteiger partial charge in [0.15, 0.2) is 11.5 Å². The summed E-state index contributed by atoms with van der Waals surface area (Å²) >= 11 is 3.64. The van der Waals surface area contributed by atoms with Crippen LogP contribution in [0.25, 0.3) is 22.4 Å². The molecule has 0 fully saturated rings. The van der Waals surface area contributed by atoms with Crippen LogP contribution in [-0.2, 0) is 13.6 Å². The first-order valence-electron chi connectivity index (χ1n) is 6.33. The van der Waals surface area contributed by atoms with Crippen molar-refractivity contribution in [3.8, 4) is 11.3 Å². The van der Waals surface area contributed by atoms with Crippen molar-refractivity contribution in [1.29, 1.82) is 0 Å². The molecule has 6 heteroatoms. The zero-order chi connectivity index (χ0) is 14.3. The number of aromatic nitrogens is 3. The molecule has 0 aliphatic carbocycles. The number of nitrogens with one attached hydrogen (secondary N) is 1. The largest absolute Gasteiger partial charge is 0.441 e. The van der Waals surface area contributed by atoms with Crippen LogP contribution in [0.5, 0.6) is 0 Å². The SMILES string of the molecule is CNCc1nn(C)c(-c2ccc3nc(C)oc3c2)c1Br. The molecule has 2 aromatic heterocycles. The monoisotopic (exact) mass is 334 g/mol. The number of hydrogen-bond donors (Lipinski definition) is 1. The summed E-state index contributed by atoms with van der Waals surface area (Å²) in [7, 11) is 3.85. The topological polar surface area (TPSA) is 55.9 Å². The lowest BCUT2D eigenvalue weighted by Gasteiger charge is -2.02. The van der Waals surface area contributed by atoms with Gasteiger partial charge in [0, 0.05) is 26.1 Å². The molecule has 1 aromatic carbocycles. The zero-order valence-electron chi connectivity index (χ0n) is 11.6. The van der Waals surface area contributed by atoms with Gasteiger partial charge in [-0.05, 0) is 35.1 Å². The molecule has 3 rings (SSSR count). The number of benzene rings is 1. The van der Waals surface area contributed by atoms with Crippen molar-refractivity contribution in [2.45, 2.75) is 13.5 Å². The number of nitrogens with zero attached hydrogens (tertiary/aromatic N) is 3. The van der Waals surface area contributed by atoms with E-state index in [2.05, 4.69) is 31.3 Å². The minimum Gasteiger partial charge on any atom is -0.441 e. The highest BCUT2D eigenvalue weighted by Crippen LogP contribution is 2.32. The van der Waals surface area contributed by atoms with Gasteiger partial charge in [-0.25, -0.2) is 4.98 Å². The highest BCUT2D eigenvalue weighted by atomic mass is 79.9. The van der Waals surface area contributed by atoms with Crippen molar-refractivity contribution >= 4 is 27.0 Å². The molecule has 20 heavy (non-hydrogen) atoms. The molecule has 0 atom stereocenters. The third kappa shape index (κ3) is 2.14. The second kappa shape index (κ2) is 5.03. The van der Waals surface area contributed by atoms with Crippen LogP contribution in [0.4, 0.5) is 0 Å². The number of oxazole rings is 1. The minimum absolute atomic E-state index is 0.678. The van der Waals surface area contributed by atoms with Crippen LogP contribution in [0.3, 0.4) is 0 Å². The lowest BCUT2D eigenvalue weighted by molar-refractivity contribution is 0.561. The van der Waals surface area contributed by atoms with Gasteiger partial charge in [0.2, 0.25) is 0 Å². The van der Waals surface area contributed by atoms with Crippen molar-refractivity contribution in [3.63, 3.8) is 0 Å². The Morgan fingerprint density at radius 1 is 1.40 bits per heavy atom. The predicted octanol–water partition coefficient (Wildman–Crippen LogP) is 3.02. The molecule has 0 radical (unpaired) electrons. The second-order valence-corrected chi connectivity index (χ2v) is 5.47. The quantitative estimate of drug-likeness (QED) is 0.799. The molecular formula is C14H15BrN4O. The number of aryl methyl sites for hydroxylation is 2. The summed E-state index contributed by atoms with van der Waals surface area (Å²) in [5.41, 5.74) is 4.74. The van der Waals surface area contributed by atoms with E-state index in [1.165, 1.54) is 0 Å². The van der Waals surface area contributed by atoms with E-state index < -0.39 is 0 Å². The van der Waals surface area contributed by atoms with Crippen molar-refractivity contribution in [3.05, 3.63) is 34.3 Å². The fraction of sp³-hybridized carbons (Fsp3) is 0.286. The average Bonchev–Trinajstić information content (AvgIpc) is 2.89. The molecular weight excluding hydrogens is 320 g/mol. The number of rotatable bonds is 3. The Morgan fingerprint density at radius 3 is 2.95 bits per heavy atom. The predicted molar refractivity (Wildman–Crippen MR) is 81.4 cm³/mol. The highest BCUT2D eigenvalue weighted by molar-refractivity contribution is 9.10. The number of halogens is 1. The van der Waals surface area contributed by atoms with E-state index in [4.69, 9.17) is 4.42 Å². The molecule has 0 unspecified atom stereocenters. The van der Waals surface area contributed by atoms with E-state index in [-0.39, 0.29) is 0 Å². The first-order chi connectivity index (χ1) is 9.60. The van der Waals surface area contributed by atoms with Gasteiger partial charge in [0.05, 0.1) is 15.9 Å². The van der Waals surface area contributed by atoms with Gasteiger partial charge in [0.1, 0.15) is 5.52 Å². The van der Waals surface area contributed by atoms with Crippen LogP contribution >= 0.6 is 15.9 Å². The van der Waals surface area contributed by atoms with Gasteiger partial charge in [0.25, 0.3) is 0 Å². The van der Waals surface area contributed by atoms with Gasteiger partial charge in [-0.15, -0.1) is 0 Å². The molecule has 104 valence electrons. The van der Waals surface area contributed by atoms with Gasteiger partial charge < -0.3 is 9.73 Å². The molecule has 1 N–H and O–H groups in total. The third-order valence-electron chi connectivity index (χ3n) is 3.17. The van der Waals surface area contributed by atoms with Crippen molar-refractivity contribution in [1.82, 2.24) is 20.1 Å². The Morgan fingerprint density at radius 2 is 2.20 bits per heavy atom. The Bertz CT molecular complexity index is 775. The lowest BCUT2D eigenvalue weighted by atomic mass is 10.1. The van der Waals surface area contributed by atoms with Gasteiger partial charge in [-0.1, -0.05) is 6.07 Å². The molecule has 0 saturated carbocycles.